The molecule has 1 heterocycles. The standard InChI is InChI=1S/C14H15NO4S/c1-9-12(14(16)17)15-13(20-9)10-3-5-11(6-4-10)19-8-7-18-2/h3-6H,7-8H2,1-2H3,(H,16,17). The van der Waals surface area contributed by atoms with E-state index in [0.29, 0.717) is 23.1 Å². The lowest BCUT2D eigenvalue weighted by molar-refractivity contribution is 0.0690. The van der Waals surface area contributed by atoms with Crippen LogP contribution in [0, 0.1) is 6.92 Å². The first-order valence-electron chi connectivity index (χ1n) is 6.04. The van der Waals surface area contributed by atoms with Crippen LogP contribution in [0.3, 0.4) is 0 Å². The normalized spacial score (nSPS) is 10.5. The van der Waals surface area contributed by atoms with Gasteiger partial charge >= 0.3 is 5.97 Å². The maximum atomic E-state index is 11.0. The largest absolute Gasteiger partial charge is 0.491 e. The maximum Gasteiger partial charge on any atom is 0.355 e. The summed E-state index contributed by atoms with van der Waals surface area (Å²) in [6, 6.07) is 7.41. The van der Waals surface area contributed by atoms with Gasteiger partial charge in [0.25, 0.3) is 0 Å². The predicted molar refractivity (Wildman–Crippen MR) is 76.6 cm³/mol. The second-order valence-electron chi connectivity index (χ2n) is 4.09. The van der Waals surface area contributed by atoms with Crippen molar-refractivity contribution in [2.24, 2.45) is 0 Å². The van der Waals surface area contributed by atoms with Crippen LogP contribution in [0.2, 0.25) is 0 Å². The van der Waals surface area contributed by atoms with Gasteiger partial charge < -0.3 is 14.6 Å². The minimum atomic E-state index is -0.996. The van der Waals surface area contributed by atoms with E-state index in [9.17, 15) is 4.79 Å². The molecule has 0 saturated heterocycles. The second kappa shape index (κ2) is 6.49. The molecule has 0 fully saturated rings. The number of carboxylic acid groups (broad SMARTS) is 1. The van der Waals surface area contributed by atoms with Crippen LogP contribution < -0.4 is 4.74 Å². The highest BCUT2D eigenvalue weighted by Crippen LogP contribution is 2.28. The fourth-order valence-electron chi connectivity index (χ4n) is 1.65. The molecule has 2 rings (SSSR count). The number of hydrogen-bond acceptors (Lipinski definition) is 5. The Labute approximate surface area is 120 Å². The first-order chi connectivity index (χ1) is 9.61. The van der Waals surface area contributed by atoms with Gasteiger partial charge in [0.2, 0.25) is 0 Å². The predicted octanol–water partition coefficient (Wildman–Crippen LogP) is 2.84. The molecule has 20 heavy (non-hydrogen) atoms. The summed E-state index contributed by atoms with van der Waals surface area (Å²) in [6.07, 6.45) is 0. The molecule has 2 aromatic rings. The van der Waals surface area contributed by atoms with Crippen molar-refractivity contribution in [3.05, 3.63) is 34.8 Å². The van der Waals surface area contributed by atoms with Crippen molar-refractivity contribution < 1.29 is 19.4 Å². The Kier molecular flexibility index (Phi) is 4.70. The number of thiazole rings is 1. The minimum absolute atomic E-state index is 0.116. The van der Waals surface area contributed by atoms with Crippen molar-refractivity contribution in [1.82, 2.24) is 4.98 Å². The van der Waals surface area contributed by atoms with Crippen molar-refractivity contribution in [2.45, 2.75) is 6.92 Å². The van der Waals surface area contributed by atoms with Gasteiger partial charge in [0.15, 0.2) is 5.69 Å². The molecule has 106 valence electrons. The summed E-state index contributed by atoms with van der Waals surface area (Å²) in [5.41, 5.74) is 0.995. The summed E-state index contributed by atoms with van der Waals surface area (Å²) in [6.45, 7) is 2.79. The van der Waals surface area contributed by atoms with Gasteiger partial charge in [0.05, 0.1) is 6.61 Å². The van der Waals surface area contributed by atoms with E-state index in [2.05, 4.69) is 4.98 Å². The quantitative estimate of drug-likeness (QED) is 0.829. The number of aromatic carboxylic acids is 1. The lowest BCUT2D eigenvalue weighted by Gasteiger charge is -2.05. The smallest absolute Gasteiger partial charge is 0.355 e. The fraction of sp³-hybridized carbons (Fsp3) is 0.286. The van der Waals surface area contributed by atoms with Crippen LogP contribution in [0.4, 0.5) is 0 Å². The van der Waals surface area contributed by atoms with Crippen LogP contribution in [0.15, 0.2) is 24.3 Å². The first kappa shape index (κ1) is 14.5. The molecule has 0 aliphatic carbocycles. The molecule has 0 bridgehead atoms. The van der Waals surface area contributed by atoms with Crippen LogP contribution in [0.25, 0.3) is 10.6 Å². The number of carboxylic acids is 1. The SMILES string of the molecule is COCCOc1ccc(-c2nc(C(=O)O)c(C)s2)cc1. The molecule has 0 aliphatic heterocycles. The first-order valence-corrected chi connectivity index (χ1v) is 6.86. The summed E-state index contributed by atoms with van der Waals surface area (Å²) < 4.78 is 10.4. The molecule has 0 saturated carbocycles. The molecule has 6 heteroatoms. The fourth-order valence-corrected chi connectivity index (χ4v) is 2.57. The molecular formula is C14H15NO4S. The molecule has 0 aliphatic rings. The van der Waals surface area contributed by atoms with E-state index in [1.54, 1.807) is 14.0 Å². The highest BCUT2D eigenvalue weighted by atomic mass is 32.1. The van der Waals surface area contributed by atoms with E-state index in [0.717, 1.165) is 11.3 Å². The third-order valence-electron chi connectivity index (χ3n) is 2.66. The Morgan fingerprint density at radius 3 is 2.55 bits per heavy atom. The van der Waals surface area contributed by atoms with Crippen molar-refractivity contribution in [3.63, 3.8) is 0 Å². The summed E-state index contributed by atoms with van der Waals surface area (Å²) in [5, 5.41) is 9.70. The summed E-state index contributed by atoms with van der Waals surface area (Å²) in [4.78, 5) is 15.8. The van der Waals surface area contributed by atoms with Gasteiger partial charge in [-0.15, -0.1) is 11.3 Å². The Morgan fingerprint density at radius 2 is 2.00 bits per heavy atom. The number of aromatic nitrogens is 1. The van der Waals surface area contributed by atoms with E-state index < -0.39 is 5.97 Å². The molecule has 1 aromatic heterocycles. The van der Waals surface area contributed by atoms with Crippen LogP contribution >= 0.6 is 11.3 Å². The third-order valence-corrected chi connectivity index (χ3v) is 3.68. The Bertz CT molecular complexity index is 592. The topological polar surface area (TPSA) is 68.7 Å². The van der Waals surface area contributed by atoms with Crippen molar-refractivity contribution >= 4 is 17.3 Å². The van der Waals surface area contributed by atoms with Crippen molar-refractivity contribution in [1.29, 1.82) is 0 Å². The molecule has 1 N–H and O–H groups in total. The molecule has 0 spiro atoms. The van der Waals surface area contributed by atoms with Gasteiger partial charge in [-0.25, -0.2) is 9.78 Å². The lowest BCUT2D eigenvalue weighted by atomic mass is 10.2. The molecule has 0 unspecified atom stereocenters. The van der Waals surface area contributed by atoms with E-state index in [-0.39, 0.29) is 5.69 Å². The van der Waals surface area contributed by atoms with Gasteiger partial charge in [0, 0.05) is 17.6 Å². The molecule has 0 atom stereocenters. The van der Waals surface area contributed by atoms with Gasteiger partial charge in [-0.05, 0) is 31.2 Å². The average molecular weight is 293 g/mol. The lowest BCUT2D eigenvalue weighted by Crippen LogP contribution is -2.03. The maximum absolute atomic E-state index is 11.0. The van der Waals surface area contributed by atoms with Gasteiger partial charge in [0.1, 0.15) is 17.4 Å². The van der Waals surface area contributed by atoms with Crippen LogP contribution in [0.5, 0.6) is 5.75 Å². The molecule has 1 aromatic carbocycles. The zero-order valence-corrected chi connectivity index (χ0v) is 12.1. The third kappa shape index (κ3) is 3.34. The summed E-state index contributed by atoms with van der Waals surface area (Å²) in [7, 11) is 1.62. The highest BCUT2D eigenvalue weighted by Gasteiger charge is 2.14. The Morgan fingerprint density at radius 1 is 1.30 bits per heavy atom. The van der Waals surface area contributed by atoms with Crippen LogP contribution in [-0.2, 0) is 4.74 Å². The summed E-state index contributed by atoms with van der Waals surface area (Å²) in [5.74, 6) is -0.248. The highest BCUT2D eigenvalue weighted by molar-refractivity contribution is 7.15. The number of rotatable bonds is 6. The number of carbonyl (C=O) groups is 1. The van der Waals surface area contributed by atoms with Gasteiger partial charge in [-0.3, -0.25) is 0 Å². The van der Waals surface area contributed by atoms with Gasteiger partial charge in [-0.2, -0.15) is 0 Å². The number of nitrogens with zero attached hydrogens (tertiary/aromatic N) is 1. The van der Waals surface area contributed by atoms with Crippen LogP contribution in [0.1, 0.15) is 15.4 Å². The second-order valence-corrected chi connectivity index (χ2v) is 5.30. The van der Waals surface area contributed by atoms with E-state index >= 15 is 0 Å². The van der Waals surface area contributed by atoms with Crippen molar-refractivity contribution in [2.75, 3.05) is 20.3 Å². The monoisotopic (exact) mass is 293 g/mol. The van der Waals surface area contributed by atoms with Gasteiger partial charge in [-0.1, -0.05) is 0 Å². The minimum Gasteiger partial charge on any atom is -0.491 e. The molecule has 0 amide bonds. The molecule has 0 radical (unpaired) electrons. The zero-order chi connectivity index (χ0) is 14.5. The number of benzene rings is 1. The number of methoxy groups -OCH3 is 1. The number of hydrogen-bond donors (Lipinski definition) is 1. The number of ether oxygens (including phenoxy) is 2. The zero-order valence-electron chi connectivity index (χ0n) is 11.3. The summed E-state index contributed by atoms with van der Waals surface area (Å²) >= 11 is 1.37. The number of aryl methyl sites for hydroxylation is 1. The Hall–Kier alpha value is -1.92. The molecule has 5 nitrogen and oxygen atoms in total. The average Bonchev–Trinajstić information content (AvgIpc) is 2.82. The van der Waals surface area contributed by atoms with Crippen LogP contribution in [-0.4, -0.2) is 36.4 Å². The Balaban J connectivity index is 2.13. The molecular weight excluding hydrogens is 278 g/mol. The van der Waals surface area contributed by atoms with E-state index in [1.165, 1.54) is 11.3 Å². The van der Waals surface area contributed by atoms with E-state index in [1.807, 2.05) is 24.3 Å². The van der Waals surface area contributed by atoms with E-state index in [4.69, 9.17) is 14.6 Å². The van der Waals surface area contributed by atoms with Crippen molar-refractivity contribution in [3.8, 4) is 16.3 Å².